The Morgan fingerprint density at radius 2 is 1.79 bits per heavy atom. The first-order valence-electron chi connectivity index (χ1n) is 11.1. The molecule has 1 aliphatic heterocycles. The summed E-state index contributed by atoms with van der Waals surface area (Å²) in [6, 6.07) is 16.5. The van der Waals surface area contributed by atoms with Crippen LogP contribution in [0.5, 0.6) is 5.75 Å². The highest BCUT2D eigenvalue weighted by molar-refractivity contribution is 5.94. The Kier molecular flexibility index (Phi) is 5.62. The number of carbonyl (C=O) groups excluding carboxylic acids is 1. The van der Waals surface area contributed by atoms with Crippen molar-refractivity contribution in [2.45, 2.75) is 25.0 Å². The standard InChI is InChI=1S/C25H25N5O4/c1-34-20-9-7-18(8-10-20)23(31)28-13-11-25(33,12-14-28)16-29-17-26-22-21(24(29)32)15-27-30(22)19-5-3-2-4-6-19/h2-10,15,17,33H,11-14,16H2,1H3. The van der Waals surface area contributed by atoms with Gasteiger partial charge in [0.2, 0.25) is 0 Å². The Labute approximate surface area is 195 Å². The molecule has 9 nitrogen and oxygen atoms in total. The predicted molar refractivity (Wildman–Crippen MR) is 126 cm³/mol. The van der Waals surface area contributed by atoms with Gasteiger partial charge < -0.3 is 14.7 Å². The van der Waals surface area contributed by atoms with Gasteiger partial charge in [0.05, 0.1) is 31.1 Å². The number of likely N-dealkylation sites (tertiary alicyclic amines) is 1. The summed E-state index contributed by atoms with van der Waals surface area (Å²) in [5.41, 5.74) is 0.504. The summed E-state index contributed by atoms with van der Waals surface area (Å²) < 4.78 is 8.20. The van der Waals surface area contributed by atoms with Gasteiger partial charge in [-0.25, -0.2) is 9.67 Å². The molecule has 174 valence electrons. The Morgan fingerprint density at radius 3 is 2.47 bits per heavy atom. The van der Waals surface area contributed by atoms with Crippen molar-refractivity contribution in [2.24, 2.45) is 0 Å². The van der Waals surface area contributed by atoms with Gasteiger partial charge >= 0.3 is 0 Å². The number of benzene rings is 2. The first kappa shape index (κ1) is 21.8. The number of hydrogen-bond acceptors (Lipinski definition) is 6. The zero-order valence-corrected chi connectivity index (χ0v) is 18.8. The van der Waals surface area contributed by atoms with Crippen molar-refractivity contribution in [3.8, 4) is 11.4 Å². The Balaban J connectivity index is 1.30. The highest BCUT2D eigenvalue weighted by Crippen LogP contribution is 2.25. The lowest BCUT2D eigenvalue weighted by Gasteiger charge is -2.38. The van der Waals surface area contributed by atoms with Gasteiger partial charge in [0.15, 0.2) is 5.65 Å². The van der Waals surface area contributed by atoms with Crippen LogP contribution in [-0.4, -0.2) is 61.0 Å². The number of methoxy groups -OCH3 is 1. The molecule has 34 heavy (non-hydrogen) atoms. The molecule has 0 atom stereocenters. The van der Waals surface area contributed by atoms with E-state index < -0.39 is 5.60 Å². The average molecular weight is 460 g/mol. The number of fused-ring (bicyclic) bond motifs is 1. The minimum Gasteiger partial charge on any atom is -0.497 e. The van der Waals surface area contributed by atoms with Gasteiger partial charge in [-0.05, 0) is 49.2 Å². The predicted octanol–water partition coefficient (Wildman–Crippen LogP) is 2.26. The van der Waals surface area contributed by atoms with Crippen molar-refractivity contribution in [2.75, 3.05) is 20.2 Å². The summed E-state index contributed by atoms with van der Waals surface area (Å²) in [5, 5.41) is 15.9. The van der Waals surface area contributed by atoms with Gasteiger partial charge in [-0.15, -0.1) is 0 Å². The largest absolute Gasteiger partial charge is 0.497 e. The maximum absolute atomic E-state index is 13.1. The van der Waals surface area contributed by atoms with Crippen LogP contribution >= 0.6 is 0 Å². The molecular formula is C25H25N5O4. The van der Waals surface area contributed by atoms with Crippen molar-refractivity contribution < 1.29 is 14.6 Å². The molecule has 1 saturated heterocycles. The molecule has 2 aromatic heterocycles. The maximum Gasteiger partial charge on any atom is 0.264 e. The molecule has 1 fully saturated rings. The fourth-order valence-electron chi connectivity index (χ4n) is 4.34. The first-order valence-corrected chi connectivity index (χ1v) is 11.1. The van der Waals surface area contributed by atoms with Crippen LogP contribution in [0.2, 0.25) is 0 Å². The van der Waals surface area contributed by atoms with Gasteiger partial charge in [-0.1, -0.05) is 18.2 Å². The van der Waals surface area contributed by atoms with E-state index in [0.29, 0.717) is 48.3 Å². The molecule has 5 rings (SSSR count). The summed E-state index contributed by atoms with van der Waals surface area (Å²) in [6.45, 7) is 0.908. The van der Waals surface area contributed by atoms with Gasteiger partial charge in [0.1, 0.15) is 17.5 Å². The van der Waals surface area contributed by atoms with E-state index in [2.05, 4.69) is 10.1 Å². The van der Waals surface area contributed by atoms with Crippen LogP contribution in [0.15, 0.2) is 71.9 Å². The summed E-state index contributed by atoms with van der Waals surface area (Å²) in [5.74, 6) is 0.605. The Morgan fingerprint density at radius 1 is 1.09 bits per heavy atom. The van der Waals surface area contributed by atoms with Crippen LogP contribution in [-0.2, 0) is 6.54 Å². The third-order valence-corrected chi connectivity index (χ3v) is 6.34. The molecule has 3 heterocycles. The molecule has 0 unspecified atom stereocenters. The number of hydrogen-bond donors (Lipinski definition) is 1. The molecule has 4 aromatic rings. The number of ether oxygens (including phenoxy) is 1. The lowest BCUT2D eigenvalue weighted by molar-refractivity contribution is -0.0299. The SMILES string of the molecule is COc1ccc(C(=O)N2CCC(O)(Cn3cnc4c(cnn4-c4ccccc4)c3=O)CC2)cc1. The smallest absolute Gasteiger partial charge is 0.264 e. The zero-order valence-electron chi connectivity index (χ0n) is 18.8. The number of amides is 1. The second-order valence-electron chi connectivity index (χ2n) is 8.55. The van der Waals surface area contributed by atoms with Crippen molar-refractivity contribution in [3.05, 3.63) is 83.0 Å². The van der Waals surface area contributed by atoms with Crippen LogP contribution in [0.1, 0.15) is 23.2 Å². The minimum atomic E-state index is -1.11. The molecular weight excluding hydrogens is 434 g/mol. The Hall–Kier alpha value is -3.98. The number of aliphatic hydroxyl groups is 1. The van der Waals surface area contributed by atoms with Crippen LogP contribution in [0.4, 0.5) is 0 Å². The molecule has 0 saturated carbocycles. The lowest BCUT2D eigenvalue weighted by atomic mass is 9.91. The molecule has 1 N–H and O–H groups in total. The maximum atomic E-state index is 13.1. The molecule has 0 aliphatic carbocycles. The van der Waals surface area contributed by atoms with E-state index in [9.17, 15) is 14.7 Å². The van der Waals surface area contributed by atoms with E-state index in [0.717, 1.165) is 5.69 Å². The van der Waals surface area contributed by atoms with Gasteiger partial charge in [0.25, 0.3) is 11.5 Å². The zero-order chi connectivity index (χ0) is 23.7. The second kappa shape index (κ2) is 8.75. The molecule has 1 aliphatic rings. The van der Waals surface area contributed by atoms with E-state index >= 15 is 0 Å². The molecule has 2 aromatic carbocycles. The molecule has 9 heteroatoms. The van der Waals surface area contributed by atoms with Gasteiger partial charge in [-0.2, -0.15) is 5.10 Å². The van der Waals surface area contributed by atoms with Gasteiger partial charge in [0, 0.05) is 18.7 Å². The van der Waals surface area contributed by atoms with Crippen LogP contribution in [0.3, 0.4) is 0 Å². The Bertz CT molecular complexity index is 1370. The number of aromatic nitrogens is 4. The van der Waals surface area contributed by atoms with Crippen molar-refractivity contribution in [1.29, 1.82) is 0 Å². The number of carbonyl (C=O) groups is 1. The average Bonchev–Trinajstić information content (AvgIpc) is 3.31. The second-order valence-corrected chi connectivity index (χ2v) is 8.55. The van der Waals surface area contributed by atoms with E-state index in [4.69, 9.17) is 4.74 Å². The van der Waals surface area contributed by atoms with Gasteiger partial charge in [-0.3, -0.25) is 14.2 Å². The molecule has 0 bridgehead atoms. The lowest BCUT2D eigenvalue weighted by Crippen LogP contribution is -2.49. The number of rotatable bonds is 5. The summed E-state index contributed by atoms with van der Waals surface area (Å²) in [6.07, 6.45) is 3.69. The van der Waals surface area contributed by atoms with E-state index in [-0.39, 0.29) is 18.0 Å². The molecule has 0 radical (unpaired) electrons. The van der Waals surface area contributed by atoms with Crippen LogP contribution < -0.4 is 10.3 Å². The van der Waals surface area contributed by atoms with Crippen molar-refractivity contribution in [1.82, 2.24) is 24.2 Å². The minimum absolute atomic E-state index is 0.0849. The first-order chi connectivity index (χ1) is 16.5. The fraction of sp³-hybridized carbons (Fsp3) is 0.280. The van der Waals surface area contributed by atoms with Crippen molar-refractivity contribution >= 4 is 16.9 Å². The van der Waals surface area contributed by atoms with E-state index in [1.54, 1.807) is 41.0 Å². The van der Waals surface area contributed by atoms with E-state index in [1.807, 2.05) is 30.3 Å². The topological polar surface area (TPSA) is 102 Å². The summed E-state index contributed by atoms with van der Waals surface area (Å²) >= 11 is 0. The van der Waals surface area contributed by atoms with Crippen LogP contribution in [0.25, 0.3) is 16.7 Å². The molecule has 0 spiro atoms. The highest BCUT2D eigenvalue weighted by Gasteiger charge is 2.35. The highest BCUT2D eigenvalue weighted by atomic mass is 16.5. The fourth-order valence-corrected chi connectivity index (χ4v) is 4.34. The summed E-state index contributed by atoms with van der Waals surface area (Å²) in [7, 11) is 1.58. The van der Waals surface area contributed by atoms with Crippen LogP contribution in [0, 0.1) is 0 Å². The quantitative estimate of drug-likeness (QED) is 0.491. The monoisotopic (exact) mass is 459 g/mol. The number of piperidine rings is 1. The number of nitrogens with zero attached hydrogens (tertiary/aromatic N) is 5. The summed E-state index contributed by atoms with van der Waals surface area (Å²) in [4.78, 5) is 32.1. The normalized spacial score (nSPS) is 15.4. The van der Waals surface area contributed by atoms with Crippen molar-refractivity contribution in [3.63, 3.8) is 0 Å². The van der Waals surface area contributed by atoms with E-state index in [1.165, 1.54) is 17.1 Å². The third-order valence-electron chi connectivity index (χ3n) is 6.34. The molecule has 1 amide bonds. The number of para-hydroxylation sites is 1. The third kappa shape index (κ3) is 4.06.